The van der Waals surface area contributed by atoms with Crippen LogP contribution in [0.5, 0.6) is 0 Å². The zero-order valence-corrected chi connectivity index (χ0v) is 18.9. The Kier molecular flexibility index (Phi) is 6.48. The van der Waals surface area contributed by atoms with Crippen molar-refractivity contribution in [2.75, 3.05) is 10.3 Å². The van der Waals surface area contributed by atoms with Crippen molar-refractivity contribution in [2.24, 2.45) is 0 Å². The number of aromatic nitrogens is 1. The third kappa shape index (κ3) is 4.90. The first-order chi connectivity index (χ1) is 16.4. The van der Waals surface area contributed by atoms with Gasteiger partial charge >= 0.3 is 6.18 Å². The number of carbonyl (C=O) groups is 1. The minimum Gasteiger partial charge on any atom is -0.346 e. The molecule has 0 amide bonds. The molecule has 6 nitrogen and oxygen atoms in total. The van der Waals surface area contributed by atoms with Crippen molar-refractivity contribution >= 4 is 17.8 Å². The number of carbonyl (C=O) groups excluding carboxylic acids is 1. The second kappa shape index (κ2) is 9.54. The minimum absolute atomic E-state index is 0.139. The molecule has 1 aromatic carbocycles. The van der Waals surface area contributed by atoms with E-state index >= 15 is 0 Å². The van der Waals surface area contributed by atoms with Crippen molar-refractivity contribution in [3.05, 3.63) is 53.2 Å². The lowest BCUT2D eigenvalue weighted by atomic mass is 9.82. The van der Waals surface area contributed by atoms with E-state index in [1.807, 2.05) is 24.3 Å². The molecule has 1 aromatic heterocycles. The van der Waals surface area contributed by atoms with Crippen molar-refractivity contribution in [3.63, 3.8) is 0 Å². The highest BCUT2D eigenvalue weighted by molar-refractivity contribution is 5.71. The summed E-state index contributed by atoms with van der Waals surface area (Å²) in [5, 5.41) is 0. The summed E-state index contributed by atoms with van der Waals surface area (Å²) in [4.78, 5) is 23.9. The third-order valence-corrected chi connectivity index (χ3v) is 7.05. The summed E-state index contributed by atoms with van der Waals surface area (Å²) in [6.07, 6.45) is 5.23. The molecule has 2 fully saturated rings. The fraction of sp³-hybridized carbons (Fsp3) is 0.520. The zero-order valence-electron chi connectivity index (χ0n) is 18.9. The van der Waals surface area contributed by atoms with Gasteiger partial charge in [-0.1, -0.05) is 31.4 Å². The summed E-state index contributed by atoms with van der Waals surface area (Å²) >= 11 is 0. The summed E-state index contributed by atoms with van der Waals surface area (Å²) in [6, 6.07) is 9.02. The van der Waals surface area contributed by atoms with Crippen molar-refractivity contribution < 1.29 is 22.8 Å². The fourth-order valence-electron chi connectivity index (χ4n) is 5.11. The Morgan fingerprint density at radius 3 is 2.44 bits per heavy atom. The number of alkyl halides is 3. The van der Waals surface area contributed by atoms with Crippen LogP contribution >= 0.6 is 0 Å². The first kappa shape index (κ1) is 23.1. The number of hydrazine groups is 1. The molecule has 2 unspecified atom stereocenters. The van der Waals surface area contributed by atoms with Gasteiger partial charge in [0, 0.05) is 23.7 Å². The van der Waals surface area contributed by atoms with Gasteiger partial charge < -0.3 is 9.69 Å². The fourth-order valence-corrected chi connectivity index (χ4v) is 5.11. The Labute approximate surface area is 196 Å². The molecule has 3 aliphatic rings. The summed E-state index contributed by atoms with van der Waals surface area (Å²) in [7, 11) is 0. The smallest absolute Gasteiger partial charge is 0.346 e. The molecule has 1 aliphatic heterocycles. The minimum atomic E-state index is -4.50. The lowest BCUT2D eigenvalue weighted by molar-refractivity contribution is -0.138. The average Bonchev–Trinajstić information content (AvgIpc) is 3.67. The third-order valence-electron chi connectivity index (χ3n) is 7.05. The summed E-state index contributed by atoms with van der Waals surface area (Å²) in [5.74, 6) is -0.129. The number of anilines is 2. The van der Waals surface area contributed by atoms with Crippen LogP contribution < -0.4 is 15.9 Å². The Hall–Kier alpha value is -2.65. The maximum Gasteiger partial charge on any atom is 0.417 e. The summed E-state index contributed by atoms with van der Waals surface area (Å²) < 4.78 is 40.2. The van der Waals surface area contributed by atoms with Gasteiger partial charge in [-0.05, 0) is 55.9 Å². The van der Waals surface area contributed by atoms with Crippen LogP contribution in [0.1, 0.15) is 80.0 Å². The summed E-state index contributed by atoms with van der Waals surface area (Å²) in [5.41, 5.74) is 7.20. The normalized spacial score (nSPS) is 23.4. The van der Waals surface area contributed by atoms with Crippen LogP contribution in [-0.4, -0.2) is 23.4 Å². The topological polar surface area (TPSA) is 66.5 Å². The van der Waals surface area contributed by atoms with Crippen molar-refractivity contribution in [1.82, 2.24) is 10.6 Å². The molecule has 34 heavy (non-hydrogen) atoms. The highest BCUT2D eigenvalue weighted by Gasteiger charge is 2.40. The maximum absolute atomic E-state index is 13.4. The van der Waals surface area contributed by atoms with E-state index in [0.717, 1.165) is 74.7 Å². The predicted octanol–water partition coefficient (Wildman–Crippen LogP) is 5.68. The molecule has 0 bridgehead atoms. The first-order valence-corrected chi connectivity index (χ1v) is 12.0. The molecule has 0 radical (unpaired) electrons. The van der Waals surface area contributed by atoms with Gasteiger partial charge in [-0.15, -0.1) is 5.59 Å². The van der Waals surface area contributed by atoms with E-state index in [-0.39, 0.29) is 18.2 Å². The number of rotatable bonds is 7. The van der Waals surface area contributed by atoms with Crippen molar-refractivity contribution in [1.29, 1.82) is 0 Å². The van der Waals surface area contributed by atoms with Crippen LogP contribution in [0.2, 0.25) is 0 Å². The largest absolute Gasteiger partial charge is 0.417 e. The Morgan fingerprint density at radius 1 is 1.06 bits per heavy atom. The van der Waals surface area contributed by atoms with E-state index < -0.39 is 17.7 Å². The van der Waals surface area contributed by atoms with Gasteiger partial charge in [0.25, 0.3) is 0 Å². The molecule has 0 saturated heterocycles. The Balaban J connectivity index is 1.46. The number of nitrogens with zero attached hydrogens (tertiary/aromatic N) is 2. The van der Waals surface area contributed by atoms with E-state index in [4.69, 9.17) is 4.84 Å². The van der Waals surface area contributed by atoms with Crippen molar-refractivity contribution in [2.45, 2.75) is 81.6 Å². The first-order valence-electron chi connectivity index (χ1n) is 12.0. The van der Waals surface area contributed by atoms with E-state index in [1.165, 1.54) is 0 Å². The molecule has 9 heteroatoms. The monoisotopic (exact) mass is 474 g/mol. The van der Waals surface area contributed by atoms with E-state index in [1.54, 1.807) is 0 Å². The van der Waals surface area contributed by atoms with Gasteiger partial charge in [0.1, 0.15) is 12.1 Å². The zero-order chi connectivity index (χ0) is 23.7. The highest BCUT2D eigenvalue weighted by atomic mass is 19.4. The second-order valence-electron chi connectivity index (χ2n) is 9.49. The number of hydrogen-bond acceptors (Lipinski definition) is 6. The molecule has 0 spiro atoms. The lowest BCUT2D eigenvalue weighted by Gasteiger charge is -2.46. The second-order valence-corrected chi connectivity index (χ2v) is 9.49. The number of nitrogens with one attached hydrogen (secondary N) is 2. The molecule has 182 valence electrons. The predicted molar refractivity (Wildman–Crippen MR) is 122 cm³/mol. The van der Waals surface area contributed by atoms with Crippen LogP contribution in [0.15, 0.2) is 36.5 Å². The van der Waals surface area contributed by atoms with Crippen LogP contribution in [0.3, 0.4) is 0 Å². The lowest BCUT2D eigenvalue weighted by Crippen LogP contribution is -2.44. The average molecular weight is 475 g/mol. The van der Waals surface area contributed by atoms with Crippen LogP contribution in [0.25, 0.3) is 0 Å². The molecular formula is C25H29F3N4O2. The number of pyridine rings is 1. The van der Waals surface area contributed by atoms with E-state index in [2.05, 4.69) is 20.9 Å². The van der Waals surface area contributed by atoms with E-state index in [9.17, 15) is 18.0 Å². The molecule has 2 atom stereocenters. The standard InChI is InChI=1S/C25H29F3N4O2/c26-25(27,28)18-13-22-17(15-33)12-23(32(24(22)29-14-18)20-4-2-1-3-5-20)16-6-8-19(9-7-16)30-31-34-21-10-11-21/h6-9,13-15,17,20-21,23,30-31H,1-5,10-12H2. The molecule has 5 rings (SSSR count). The molecular weight excluding hydrogens is 445 g/mol. The molecule has 2 aliphatic carbocycles. The van der Waals surface area contributed by atoms with Gasteiger partial charge in [0.15, 0.2) is 0 Å². The van der Waals surface area contributed by atoms with Crippen LogP contribution in [0, 0.1) is 0 Å². The molecule has 2 N–H and O–H groups in total. The number of hydrogen-bond donors (Lipinski definition) is 2. The number of halogens is 3. The van der Waals surface area contributed by atoms with Gasteiger partial charge in [0.2, 0.25) is 0 Å². The highest BCUT2D eigenvalue weighted by Crippen LogP contribution is 2.47. The molecule has 2 heterocycles. The Morgan fingerprint density at radius 2 is 1.79 bits per heavy atom. The SMILES string of the molecule is O=CC1CC(c2ccc(NNOC3CC3)cc2)N(C2CCCCC2)c2ncc(C(F)(F)F)cc21. The summed E-state index contributed by atoms with van der Waals surface area (Å²) in [6.45, 7) is 0. The van der Waals surface area contributed by atoms with Gasteiger partial charge in [-0.3, -0.25) is 10.3 Å². The van der Waals surface area contributed by atoms with Crippen molar-refractivity contribution in [3.8, 4) is 0 Å². The van der Waals surface area contributed by atoms with Gasteiger partial charge in [-0.25, -0.2) is 4.98 Å². The van der Waals surface area contributed by atoms with Gasteiger partial charge in [0.05, 0.1) is 23.4 Å². The molecule has 2 aromatic rings. The quantitative estimate of drug-likeness (QED) is 0.398. The van der Waals surface area contributed by atoms with E-state index in [0.29, 0.717) is 17.8 Å². The number of fused-ring (bicyclic) bond motifs is 1. The van der Waals surface area contributed by atoms with Gasteiger partial charge in [-0.2, -0.15) is 13.2 Å². The maximum atomic E-state index is 13.4. The Bertz CT molecular complexity index is 1000. The van der Waals surface area contributed by atoms with Crippen LogP contribution in [0.4, 0.5) is 24.7 Å². The number of aldehydes is 1. The number of benzene rings is 1. The van der Waals surface area contributed by atoms with Crippen LogP contribution in [-0.2, 0) is 15.8 Å². The molecule has 2 saturated carbocycles.